The van der Waals surface area contributed by atoms with Gasteiger partial charge in [-0.25, -0.2) is 0 Å². The number of carbonyl (C=O) groups is 1. The van der Waals surface area contributed by atoms with Crippen LogP contribution in [0.25, 0.3) is 22.2 Å². The first-order valence-corrected chi connectivity index (χ1v) is 10.9. The SMILES string of the molecule is COc1cccc(CN2CCOC(C(=O)Nc3ccc4[nH]nc(-c5ccncc5)c4c3)C2)c1. The third kappa shape index (κ3) is 4.72. The summed E-state index contributed by atoms with van der Waals surface area (Å²) >= 11 is 0. The number of aromatic amines is 1. The molecule has 0 radical (unpaired) electrons. The molecule has 2 N–H and O–H groups in total. The van der Waals surface area contributed by atoms with Gasteiger partial charge in [0.15, 0.2) is 0 Å². The van der Waals surface area contributed by atoms with Crippen LogP contribution in [-0.4, -0.2) is 58.9 Å². The minimum atomic E-state index is -0.538. The molecule has 2 aromatic heterocycles. The lowest BCUT2D eigenvalue weighted by atomic mass is 10.1. The summed E-state index contributed by atoms with van der Waals surface area (Å²) in [6.07, 6.45) is 2.93. The highest BCUT2D eigenvalue weighted by Crippen LogP contribution is 2.28. The highest BCUT2D eigenvalue weighted by Gasteiger charge is 2.27. The van der Waals surface area contributed by atoms with Crippen molar-refractivity contribution in [3.8, 4) is 17.0 Å². The van der Waals surface area contributed by atoms with Crippen molar-refractivity contribution in [2.24, 2.45) is 0 Å². The lowest BCUT2D eigenvalue weighted by molar-refractivity contribution is -0.133. The second kappa shape index (κ2) is 9.40. The zero-order valence-electron chi connectivity index (χ0n) is 18.3. The highest BCUT2D eigenvalue weighted by atomic mass is 16.5. The topological polar surface area (TPSA) is 92.4 Å². The van der Waals surface area contributed by atoms with Gasteiger partial charge in [0.2, 0.25) is 0 Å². The molecule has 1 amide bonds. The monoisotopic (exact) mass is 443 g/mol. The number of nitrogens with zero attached hydrogens (tertiary/aromatic N) is 3. The summed E-state index contributed by atoms with van der Waals surface area (Å²) in [6, 6.07) is 17.5. The minimum Gasteiger partial charge on any atom is -0.497 e. The van der Waals surface area contributed by atoms with E-state index in [1.54, 1.807) is 19.5 Å². The third-order valence-corrected chi connectivity index (χ3v) is 5.77. The average molecular weight is 444 g/mol. The first-order valence-electron chi connectivity index (χ1n) is 10.9. The van der Waals surface area contributed by atoms with Crippen molar-refractivity contribution in [2.75, 3.05) is 32.1 Å². The van der Waals surface area contributed by atoms with Gasteiger partial charge >= 0.3 is 0 Å². The van der Waals surface area contributed by atoms with Gasteiger partial charge in [-0.3, -0.25) is 19.8 Å². The number of benzene rings is 2. The van der Waals surface area contributed by atoms with Gasteiger partial charge in [-0.2, -0.15) is 5.10 Å². The smallest absolute Gasteiger partial charge is 0.254 e. The van der Waals surface area contributed by atoms with Crippen LogP contribution < -0.4 is 10.1 Å². The number of nitrogens with one attached hydrogen (secondary N) is 2. The van der Waals surface area contributed by atoms with Crippen molar-refractivity contribution < 1.29 is 14.3 Å². The Kier molecular flexibility index (Phi) is 6.01. The maximum Gasteiger partial charge on any atom is 0.254 e. The van der Waals surface area contributed by atoms with E-state index in [2.05, 4.69) is 31.5 Å². The van der Waals surface area contributed by atoms with Crippen LogP contribution in [0.5, 0.6) is 5.75 Å². The molecule has 168 valence electrons. The summed E-state index contributed by atoms with van der Waals surface area (Å²) in [5, 5.41) is 11.4. The Morgan fingerprint density at radius 2 is 2.09 bits per heavy atom. The number of hydrogen-bond donors (Lipinski definition) is 2. The summed E-state index contributed by atoms with van der Waals surface area (Å²) < 4.78 is 11.1. The van der Waals surface area contributed by atoms with Crippen molar-refractivity contribution in [1.29, 1.82) is 0 Å². The molecule has 0 bridgehead atoms. The maximum absolute atomic E-state index is 13.0. The molecular weight excluding hydrogens is 418 g/mol. The number of amides is 1. The van der Waals surface area contributed by atoms with E-state index in [0.717, 1.165) is 46.6 Å². The molecule has 4 aromatic rings. The number of hydrogen-bond acceptors (Lipinski definition) is 6. The standard InChI is InChI=1S/C25H25N5O3/c1-32-20-4-2-3-17(13-20)15-30-11-12-33-23(16-30)25(31)27-19-5-6-22-21(14-19)24(29-28-22)18-7-9-26-10-8-18/h2-10,13-14,23H,11-12,15-16H2,1H3,(H,27,31)(H,28,29). The van der Waals surface area contributed by atoms with Crippen LogP contribution in [-0.2, 0) is 16.1 Å². The predicted molar refractivity (Wildman–Crippen MR) is 126 cm³/mol. The summed E-state index contributed by atoms with van der Waals surface area (Å²) in [5.74, 6) is 0.675. The Balaban J connectivity index is 1.28. The second-order valence-corrected chi connectivity index (χ2v) is 8.00. The lowest BCUT2D eigenvalue weighted by Crippen LogP contribution is -2.47. The first kappa shape index (κ1) is 21.1. The van der Waals surface area contributed by atoms with E-state index < -0.39 is 6.10 Å². The number of carbonyl (C=O) groups excluding carboxylic acids is 1. The summed E-state index contributed by atoms with van der Waals surface area (Å²) in [6.45, 7) is 2.55. The minimum absolute atomic E-state index is 0.154. The van der Waals surface area contributed by atoms with Crippen LogP contribution in [0.15, 0.2) is 67.0 Å². The molecule has 0 spiro atoms. The summed E-state index contributed by atoms with van der Waals surface area (Å²) in [5.41, 5.74) is 4.53. The molecule has 0 saturated carbocycles. The Bertz CT molecular complexity index is 1260. The molecule has 1 unspecified atom stereocenters. The fraction of sp³-hybridized carbons (Fsp3) is 0.240. The van der Waals surface area contributed by atoms with E-state index in [4.69, 9.17) is 9.47 Å². The Hall–Kier alpha value is -3.75. The quantitative estimate of drug-likeness (QED) is 0.474. The van der Waals surface area contributed by atoms with Crippen LogP contribution in [0, 0.1) is 0 Å². The molecule has 5 rings (SSSR count). The molecule has 1 atom stereocenters. The Labute approximate surface area is 191 Å². The lowest BCUT2D eigenvalue weighted by Gasteiger charge is -2.32. The summed E-state index contributed by atoms with van der Waals surface area (Å²) in [4.78, 5) is 19.3. The van der Waals surface area contributed by atoms with E-state index in [9.17, 15) is 4.79 Å². The molecule has 8 heteroatoms. The molecule has 3 heterocycles. The van der Waals surface area contributed by atoms with Gasteiger partial charge in [0.25, 0.3) is 5.91 Å². The predicted octanol–water partition coefficient (Wildman–Crippen LogP) is 3.47. The van der Waals surface area contributed by atoms with Gasteiger partial charge in [-0.05, 0) is 48.0 Å². The van der Waals surface area contributed by atoms with Crippen molar-refractivity contribution in [2.45, 2.75) is 12.6 Å². The molecule has 1 fully saturated rings. The fourth-order valence-corrected chi connectivity index (χ4v) is 4.08. The van der Waals surface area contributed by atoms with Gasteiger partial charge in [-0.15, -0.1) is 0 Å². The van der Waals surface area contributed by atoms with E-state index in [0.29, 0.717) is 18.8 Å². The second-order valence-electron chi connectivity index (χ2n) is 8.00. The van der Waals surface area contributed by atoms with E-state index in [1.807, 2.05) is 48.5 Å². The summed E-state index contributed by atoms with van der Waals surface area (Å²) in [7, 11) is 1.66. The number of aromatic nitrogens is 3. The van der Waals surface area contributed by atoms with Crippen molar-refractivity contribution >= 4 is 22.5 Å². The first-order chi connectivity index (χ1) is 16.2. The zero-order chi connectivity index (χ0) is 22.6. The molecule has 1 aliphatic heterocycles. The van der Waals surface area contributed by atoms with Gasteiger partial charge in [0.05, 0.1) is 19.2 Å². The Morgan fingerprint density at radius 3 is 2.94 bits per heavy atom. The molecular formula is C25H25N5O3. The average Bonchev–Trinajstić information content (AvgIpc) is 3.28. The van der Waals surface area contributed by atoms with Gasteiger partial charge < -0.3 is 14.8 Å². The highest BCUT2D eigenvalue weighted by molar-refractivity contribution is 5.99. The number of methoxy groups -OCH3 is 1. The van der Waals surface area contributed by atoms with Crippen LogP contribution in [0.2, 0.25) is 0 Å². The molecule has 33 heavy (non-hydrogen) atoms. The van der Waals surface area contributed by atoms with Crippen molar-refractivity contribution in [3.05, 3.63) is 72.6 Å². The number of H-pyrrole nitrogens is 1. The molecule has 1 aliphatic rings. The van der Waals surface area contributed by atoms with E-state index >= 15 is 0 Å². The van der Waals surface area contributed by atoms with E-state index in [-0.39, 0.29) is 5.91 Å². The Morgan fingerprint density at radius 1 is 1.21 bits per heavy atom. The normalized spacial score (nSPS) is 16.6. The maximum atomic E-state index is 13.0. The molecule has 1 saturated heterocycles. The largest absolute Gasteiger partial charge is 0.497 e. The van der Waals surface area contributed by atoms with Gasteiger partial charge in [-0.1, -0.05) is 12.1 Å². The molecule has 0 aliphatic carbocycles. The van der Waals surface area contributed by atoms with Crippen LogP contribution in [0.1, 0.15) is 5.56 Å². The van der Waals surface area contributed by atoms with Gasteiger partial charge in [0, 0.05) is 48.7 Å². The van der Waals surface area contributed by atoms with Crippen molar-refractivity contribution in [1.82, 2.24) is 20.1 Å². The van der Waals surface area contributed by atoms with Crippen LogP contribution in [0.3, 0.4) is 0 Å². The number of morpholine rings is 1. The number of fused-ring (bicyclic) bond motifs is 1. The number of anilines is 1. The van der Waals surface area contributed by atoms with Crippen LogP contribution in [0.4, 0.5) is 5.69 Å². The van der Waals surface area contributed by atoms with Gasteiger partial charge in [0.1, 0.15) is 17.5 Å². The van der Waals surface area contributed by atoms with Crippen molar-refractivity contribution in [3.63, 3.8) is 0 Å². The van der Waals surface area contributed by atoms with E-state index in [1.165, 1.54) is 0 Å². The molecule has 2 aromatic carbocycles. The third-order valence-electron chi connectivity index (χ3n) is 5.77. The number of rotatable bonds is 6. The fourth-order valence-electron chi connectivity index (χ4n) is 4.08. The number of ether oxygens (including phenoxy) is 2. The van der Waals surface area contributed by atoms with Crippen LogP contribution >= 0.6 is 0 Å². The zero-order valence-corrected chi connectivity index (χ0v) is 18.3. The number of pyridine rings is 1. The molecule has 8 nitrogen and oxygen atoms in total.